The lowest BCUT2D eigenvalue weighted by Crippen LogP contribution is -2.27. The van der Waals surface area contributed by atoms with E-state index in [9.17, 15) is 29.4 Å². The molecule has 6 nitrogen and oxygen atoms in total. The van der Waals surface area contributed by atoms with E-state index in [4.69, 9.17) is 0 Å². The molecular weight excluding hydrogens is 336 g/mol. The molecule has 0 aliphatic heterocycles. The molecule has 0 saturated heterocycles. The van der Waals surface area contributed by atoms with Crippen molar-refractivity contribution < 1.29 is 29.4 Å². The van der Waals surface area contributed by atoms with Crippen molar-refractivity contribution >= 4 is 23.5 Å². The standard InChI is InChI=1S/C20H18O6/c1-20(2,3)17(22)14-12(16(21)11-7-5-4-6-8-11)9-10-13(18(23)24)15(14)19(25)26/h4-10H,1-3H3,(H,23,24)(H,25,26). The Morgan fingerprint density at radius 3 is 1.73 bits per heavy atom. The Morgan fingerprint density at radius 1 is 0.731 bits per heavy atom. The van der Waals surface area contributed by atoms with Gasteiger partial charge in [0, 0.05) is 22.1 Å². The molecule has 0 aliphatic carbocycles. The number of carbonyl (C=O) groups is 4. The summed E-state index contributed by atoms with van der Waals surface area (Å²) < 4.78 is 0. The number of carbonyl (C=O) groups excluding carboxylic acids is 2. The fourth-order valence-corrected chi connectivity index (χ4v) is 2.55. The van der Waals surface area contributed by atoms with Gasteiger partial charge in [0.1, 0.15) is 0 Å². The molecule has 0 aromatic heterocycles. The zero-order valence-electron chi connectivity index (χ0n) is 14.6. The molecule has 0 fully saturated rings. The molecule has 0 heterocycles. The van der Waals surface area contributed by atoms with Crippen LogP contribution in [0.25, 0.3) is 0 Å². The summed E-state index contributed by atoms with van der Waals surface area (Å²) in [5, 5.41) is 18.9. The van der Waals surface area contributed by atoms with Gasteiger partial charge in [-0.05, 0) is 12.1 Å². The van der Waals surface area contributed by atoms with Gasteiger partial charge in [-0.25, -0.2) is 9.59 Å². The molecule has 0 amide bonds. The van der Waals surface area contributed by atoms with Gasteiger partial charge >= 0.3 is 11.9 Å². The van der Waals surface area contributed by atoms with Gasteiger partial charge in [-0.3, -0.25) is 9.59 Å². The average molecular weight is 354 g/mol. The lowest BCUT2D eigenvalue weighted by atomic mass is 9.80. The largest absolute Gasteiger partial charge is 0.478 e. The van der Waals surface area contributed by atoms with E-state index >= 15 is 0 Å². The molecule has 0 spiro atoms. The van der Waals surface area contributed by atoms with E-state index < -0.39 is 40.0 Å². The number of carboxylic acid groups (broad SMARTS) is 2. The van der Waals surface area contributed by atoms with Crippen molar-refractivity contribution in [3.05, 3.63) is 70.3 Å². The van der Waals surface area contributed by atoms with Crippen LogP contribution in [0.2, 0.25) is 0 Å². The second-order valence-electron chi connectivity index (χ2n) is 6.80. The van der Waals surface area contributed by atoms with Gasteiger partial charge in [0.05, 0.1) is 11.1 Å². The van der Waals surface area contributed by atoms with Gasteiger partial charge < -0.3 is 10.2 Å². The van der Waals surface area contributed by atoms with E-state index in [-0.39, 0.29) is 16.7 Å². The fourth-order valence-electron chi connectivity index (χ4n) is 2.55. The zero-order chi connectivity index (χ0) is 19.6. The summed E-state index contributed by atoms with van der Waals surface area (Å²) in [6, 6.07) is 10.3. The predicted octanol–water partition coefficient (Wildman–Crippen LogP) is 3.54. The first-order valence-corrected chi connectivity index (χ1v) is 7.84. The van der Waals surface area contributed by atoms with Crippen LogP contribution in [-0.2, 0) is 0 Å². The Kier molecular flexibility index (Phi) is 5.07. The molecule has 6 heteroatoms. The third kappa shape index (κ3) is 3.54. The van der Waals surface area contributed by atoms with Gasteiger partial charge in [-0.1, -0.05) is 51.1 Å². The summed E-state index contributed by atoms with van der Waals surface area (Å²) in [5.41, 5.74) is -2.44. The van der Waals surface area contributed by atoms with Crippen LogP contribution < -0.4 is 0 Å². The van der Waals surface area contributed by atoms with Crippen LogP contribution in [-0.4, -0.2) is 33.7 Å². The average Bonchev–Trinajstić information content (AvgIpc) is 2.58. The molecule has 0 aliphatic rings. The Bertz CT molecular complexity index is 904. The SMILES string of the molecule is CC(C)(C)C(=O)c1c(C(=O)c2ccccc2)ccc(C(=O)O)c1C(=O)O. The summed E-state index contributed by atoms with van der Waals surface area (Å²) in [7, 11) is 0. The molecule has 2 aromatic carbocycles. The summed E-state index contributed by atoms with van der Waals surface area (Å²) in [6.07, 6.45) is 0. The molecular formula is C20H18O6. The lowest BCUT2D eigenvalue weighted by Gasteiger charge is -2.21. The molecule has 2 N–H and O–H groups in total. The van der Waals surface area contributed by atoms with Crippen LogP contribution in [0.5, 0.6) is 0 Å². The number of carboxylic acids is 2. The van der Waals surface area contributed by atoms with E-state index in [1.807, 2.05) is 0 Å². The first-order valence-electron chi connectivity index (χ1n) is 7.84. The minimum absolute atomic E-state index is 0.126. The Labute approximate surface area is 150 Å². The highest BCUT2D eigenvalue weighted by molar-refractivity contribution is 6.21. The number of benzene rings is 2. The Morgan fingerprint density at radius 2 is 1.27 bits per heavy atom. The molecule has 134 valence electrons. The zero-order valence-corrected chi connectivity index (χ0v) is 14.6. The minimum Gasteiger partial charge on any atom is -0.478 e. The van der Waals surface area contributed by atoms with E-state index in [1.165, 1.54) is 6.07 Å². The summed E-state index contributed by atoms with van der Waals surface area (Å²) in [4.78, 5) is 49.0. The maximum Gasteiger partial charge on any atom is 0.337 e. The highest BCUT2D eigenvalue weighted by atomic mass is 16.4. The van der Waals surface area contributed by atoms with E-state index in [0.717, 1.165) is 6.07 Å². The predicted molar refractivity (Wildman–Crippen MR) is 94.0 cm³/mol. The lowest BCUT2D eigenvalue weighted by molar-refractivity contribution is 0.0647. The molecule has 0 atom stereocenters. The van der Waals surface area contributed by atoms with E-state index in [2.05, 4.69) is 0 Å². The van der Waals surface area contributed by atoms with Gasteiger partial charge in [0.15, 0.2) is 11.6 Å². The van der Waals surface area contributed by atoms with Crippen LogP contribution in [0.4, 0.5) is 0 Å². The molecule has 0 unspecified atom stereocenters. The van der Waals surface area contributed by atoms with Crippen LogP contribution in [0.3, 0.4) is 0 Å². The first-order chi connectivity index (χ1) is 12.1. The van der Waals surface area contributed by atoms with Gasteiger partial charge in [-0.2, -0.15) is 0 Å². The fraction of sp³-hybridized carbons (Fsp3) is 0.200. The number of hydrogen-bond donors (Lipinski definition) is 2. The molecule has 2 aromatic rings. The summed E-state index contributed by atoms with van der Waals surface area (Å²) >= 11 is 0. The maximum atomic E-state index is 12.9. The first kappa shape index (κ1) is 19.1. The van der Waals surface area contributed by atoms with Crippen molar-refractivity contribution in [1.82, 2.24) is 0 Å². The molecule has 0 saturated carbocycles. The van der Waals surface area contributed by atoms with Gasteiger partial charge in [0.2, 0.25) is 0 Å². The number of aromatic carboxylic acids is 2. The third-order valence-corrected chi connectivity index (χ3v) is 3.84. The third-order valence-electron chi connectivity index (χ3n) is 3.84. The highest BCUT2D eigenvalue weighted by Gasteiger charge is 2.34. The van der Waals surface area contributed by atoms with Gasteiger partial charge in [-0.15, -0.1) is 0 Å². The quantitative estimate of drug-likeness (QED) is 0.795. The molecule has 2 rings (SSSR count). The molecule has 0 radical (unpaired) electrons. The topological polar surface area (TPSA) is 109 Å². The second-order valence-corrected chi connectivity index (χ2v) is 6.80. The minimum atomic E-state index is -1.57. The number of rotatable bonds is 5. The van der Waals surface area contributed by atoms with Crippen molar-refractivity contribution in [2.75, 3.05) is 0 Å². The summed E-state index contributed by atoms with van der Waals surface area (Å²) in [6.45, 7) is 4.72. The van der Waals surface area contributed by atoms with Crippen molar-refractivity contribution in [2.24, 2.45) is 5.41 Å². The van der Waals surface area contributed by atoms with Gasteiger partial charge in [0.25, 0.3) is 0 Å². The van der Waals surface area contributed by atoms with E-state index in [1.54, 1.807) is 51.1 Å². The second kappa shape index (κ2) is 6.92. The number of Topliss-reactive ketones (excluding diaryl/α,β-unsaturated/α-hetero) is 1. The van der Waals surface area contributed by atoms with Crippen molar-refractivity contribution in [1.29, 1.82) is 0 Å². The maximum absolute atomic E-state index is 12.9. The Balaban J connectivity index is 2.87. The number of hydrogen-bond acceptors (Lipinski definition) is 4. The van der Waals surface area contributed by atoms with Crippen molar-refractivity contribution in [3.63, 3.8) is 0 Å². The normalized spacial score (nSPS) is 11.0. The smallest absolute Gasteiger partial charge is 0.337 e. The number of ketones is 2. The van der Waals surface area contributed by atoms with Crippen molar-refractivity contribution in [3.8, 4) is 0 Å². The van der Waals surface area contributed by atoms with E-state index in [0.29, 0.717) is 0 Å². The van der Waals surface area contributed by atoms with Crippen LogP contribution in [0, 0.1) is 5.41 Å². The monoisotopic (exact) mass is 354 g/mol. The van der Waals surface area contributed by atoms with Crippen LogP contribution >= 0.6 is 0 Å². The molecule has 0 bridgehead atoms. The molecule has 26 heavy (non-hydrogen) atoms. The van der Waals surface area contributed by atoms with Crippen LogP contribution in [0.1, 0.15) is 67.8 Å². The summed E-state index contributed by atoms with van der Waals surface area (Å²) in [5.74, 6) is -4.21. The highest BCUT2D eigenvalue weighted by Crippen LogP contribution is 2.30. The van der Waals surface area contributed by atoms with Crippen LogP contribution in [0.15, 0.2) is 42.5 Å². The van der Waals surface area contributed by atoms with Crippen molar-refractivity contribution in [2.45, 2.75) is 20.8 Å². The Hall–Kier alpha value is -3.28.